The smallest absolute Gasteiger partial charge is 0.237 e. The molecule has 0 aliphatic rings. The number of hydrogen-bond donors (Lipinski definition) is 1. The SMILES string of the molecule is CCn1c(S[C@H](C)C(=O)Nc2ccc(Cl)cc2)nnc1-c1ccco1. The monoisotopic (exact) mass is 376 g/mol. The lowest BCUT2D eigenvalue weighted by atomic mass is 10.3. The maximum atomic E-state index is 12.4. The molecule has 0 saturated heterocycles. The summed E-state index contributed by atoms with van der Waals surface area (Å²) in [5, 5.41) is 12.2. The molecule has 1 atom stereocenters. The van der Waals surface area contributed by atoms with Crippen LogP contribution in [0.15, 0.2) is 52.2 Å². The molecule has 2 heterocycles. The Bertz CT molecular complexity index is 846. The fraction of sp³-hybridized carbons (Fsp3) is 0.235. The molecule has 0 saturated carbocycles. The minimum absolute atomic E-state index is 0.113. The van der Waals surface area contributed by atoms with Crippen LogP contribution in [-0.2, 0) is 11.3 Å². The zero-order chi connectivity index (χ0) is 17.8. The number of furan rings is 1. The Kier molecular flexibility index (Phi) is 5.45. The number of rotatable bonds is 6. The molecule has 0 bridgehead atoms. The first-order valence-corrected chi connectivity index (χ1v) is 9.04. The Hall–Kier alpha value is -2.25. The summed E-state index contributed by atoms with van der Waals surface area (Å²) >= 11 is 7.21. The molecule has 1 amide bonds. The Morgan fingerprint density at radius 3 is 2.72 bits per heavy atom. The molecule has 2 aromatic heterocycles. The Balaban J connectivity index is 1.71. The second-order valence-electron chi connectivity index (χ2n) is 5.28. The third-order valence-electron chi connectivity index (χ3n) is 3.54. The first kappa shape index (κ1) is 17.6. The molecule has 0 unspecified atom stereocenters. The third-order valence-corrected chi connectivity index (χ3v) is 4.87. The fourth-order valence-electron chi connectivity index (χ4n) is 2.24. The van der Waals surface area contributed by atoms with Crippen LogP contribution in [0.2, 0.25) is 5.02 Å². The van der Waals surface area contributed by atoms with E-state index in [1.165, 1.54) is 11.8 Å². The van der Waals surface area contributed by atoms with Crippen molar-refractivity contribution in [1.82, 2.24) is 14.8 Å². The van der Waals surface area contributed by atoms with Crippen LogP contribution >= 0.6 is 23.4 Å². The van der Waals surface area contributed by atoms with Gasteiger partial charge in [-0.1, -0.05) is 23.4 Å². The van der Waals surface area contributed by atoms with E-state index in [9.17, 15) is 4.79 Å². The van der Waals surface area contributed by atoms with Crippen molar-refractivity contribution in [3.8, 4) is 11.6 Å². The van der Waals surface area contributed by atoms with E-state index in [2.05, 4.69) is 15.5 Å². The fourth-order valence-corrected chi connectivity index (χ4v) is 3.28. The second kappa shape index (κ2) is 7.76. The van der Waals surface area contributed by atoms with Crippen LogP contribution in [0.5, 0.6) is 0 Å². The van der Waals surface area contributed by atoms with Crippen molar-refractivity contribution in [1.29, 1.82) is 0 Å². The number of carbonyl (C=O) groups excluding carboxylic acids is 1. The van der Waals surface area contributed by atoms with E-state index in [0.29, 0.717) is 34.0 Å². The topological polar surface area (TPSA) is 73.0 Å². The van der Waals surface area contributed by atoms with Gasteiger partial charge in [0.25, 0.3) is 0 Å². The van der Waals surface area contributed by atoms with E-state index in [0.717, 1.165) is 0 Å². The average molecular weight is 377 g/mol. The number of amides is 1. The van der Waals surface area contributed by atoms with E-state index < -0.39 is 0 Å². The minimum atomic E-state index is -0.338. The van der Waals surface area contributed by atoms with Crippen molar-refractivity contribution in [3.05, 3.63) is 47.7 Å². The predicted molar refractivity (Wildman–Crippen MR) is 98.8 cm³/mol. The molecule has 1 aromatic carbocycles. The number of thioether (sulfide) groups is 1. The van der Waals surface area contributed by atoms with E-state index in [1.807, 2.05) is 24.5 Å². The highest BCUT2D eigenvalue weighted by Gasteiger charge is 2.21. The van der Waals surface area contributed by atoms with Gasteiger partial charge < -0.3 is 9.73 Å². The van der Waals surface area contributed by atoms with Gasteiger partial charge >= 0.3 is 0 Å². The second-order valence-corrected chi connectivity index (χ2v) is 7.03. The minimum Gasteiger partial charge on any atom is -0.461 e. The summed E-state index contributed by atoms with van der Waals surface area (Å²) in [5.41, 5.74) is 0.704. The Morgan fingerprint density at radius 1 is 1.32 bits per heavy atom. The van der Waals surface area contributed by atoms with E-state index >= 15 is 0 Å². The van der Waals surface area contributed by atoms with Gasteiger partial charge in [-0.15, -0.1) is 10.2 Å². The van der Waals surface area contributed by atoms with Crippen molar-refractivity contribution in [2.45, 2.75) is 30.8 Å². The molecule has 0 aliphatic carbocycles. The maximum absolute atomic E-state index is 12.4. The maximum Gasteiger partial charge on any atom is 0.237 e. The van der Waals surface area contributed by atoms with Gasteiger partial charge in [0.05, 0.1) is 11.5 Å². The van der Waals surface area contributed by atoms with Crippen LogP contribution in [-0.4, -0.2) is 25.9 Å². The molecule has 130 valence electrons. The summed E-state index contributed by atoms with van der Waals surface area (Å²) in [5.74, 6) is 1.19. The molecular weight excluding hydrogens is 360 g/mol. The highest BCUT2D eigenvalue weighted by atomic mass is 35.5. The summed E-state index contributed by atoms with van der Waals surface area (Å²) in [6.45, 7) is 4.51. The average Bonchev–Trinajstić information content (AvgIpc) is 3.25. The van der Waals surface area contributed by atoms with Crippen LogP contribution < -0.4 is 5.32 Å². The molecule has 0 aliphatic heterocycles. The largest absolute Gasteiger partial charge is 0.461 e. The Morgan fingerprint density at radius 2 is 2.08 bits per heavy atom. The van der Waals surface area contributed by atoms with Crippen LogP contribution in [0.3, 0.4) is 0 Å². The molecule has 25 heavy (non-hydrogen) atoms. The molecule has 3 rings (SSSR count). The molecule has 3 aromatic rings. The number of halogens is 1. The summed E-state index contributed by atoms with van der Waals surface area (Å²) in [6, 6.07) is 10.6. The van der Waals surface area contributed by atoms with Crippen LogP contribution in [0.4, 0.5) is 5.69 Å². The predicted octanol–water partition coefficient (Wildman–Crippen LogP) is 4.33. The number of nitrogens with zero attached hydrogens (tertiary/aromatic N) is 3. The molecule has 6 nitrogen and oxygen atoms in total. The zero-order valence-corrected chi connectivity index (χ0v) is 15.3. The molecule has 1 N–H and O–H groups in total. The summed E-state index contributed by atoms with van der Waals surface area (Å²) in [6.07, 6.45) is 1.60. The molecular formula is C17H17ClN4O2S. The van der Waals surface area contributed by atoms with Gasteiger partial charge in [-0.3, -0.25) is 9.36 Å². The lowest BCUT2D eigenvalue weighted by Crippen LogP contribution is -2.22. The van der Waals surface area contributed by atoms with Crippen LogP contribution in [0.25, 0.3) is 11.6 Å². The van der Waals surface area contributed by atoms with E-state index in [4.69, 9.17) is 16.0 Å². The van der Waals surface area contributed by atoms with Crippen molar-refractivity contribution in [3.63, 3.8) is 0 Å². The van der Waals surface area contributed by atoms with Crippen LogP contribution in [0, 0.1) is 0 Å². The van der Waals surface area contributed by atoms with E-state index in [1.54, 1.807) is 36.6 Å². The van der Waals surface area contributed by atoms with E-state index in [-0.39, 0.29) is 11.2 Å². The van der Waals surface area contributed by atoms with Crippen LogP contribution in [0.1, 0.15) is 13.8 Å². The molecule has 0 radical (unpaired) electrons. The van der Waals surface area contributed by atoms with Gasteiger partial charge in [-0.25, -0.2) is 0 Å². The number of nitrogens with one attached hydrogen (secondary N) is 1. The van der Waals surface area contributed by atoms with Gasteiger partial charge in [-0.05, 0) is 50.2 Å². The zero-order valence-electron chi connectivity index (χ0n) is 13.8. The molecule has 0 fully saturated rings. The van der Waals surface area contributed by atoms with Crippen molar-refractivity contribution >= 4 is 35.0 Å². The van der Waals surface area contributed by atoms with Gasteiger partial charge in [0, 0.05) is 17.3 Å². The van der Waals surface area contributed by atoms with Gasteiger partial charge in [0.1, 0.15) is 0 Å². The van der Waals surface area contributed by atoms with Gasteiger partial charge in [0.15, 0.2) is 16.7 Å². The number of aromatic nitrogens is 3. The number of carbonyl (C=O) groups is 1. The lowest BCUT2D eigenvalue weighted by molar-refractivity contribution is -0.115. The Labute approximate surface area is 154 Å². The highest BCUT2D eigenvalue weighted by Crippen LogP contribution is 2.27. The molecule has 0 spiro atoms. The lowest BCUT2D eigenvalue weighted by Gasteiger charge is -2.12. The number of hydrogen-bond acceptors (Lipinski definition) is 5. The van der Waals surface area contributed by atoms with Gasteiger partial charge in [0.2, 0.25) is 5.91 Å². The highest BCUT2D eigenvalue weighted by molar-refractivity contribution is 8.00. The van der Waals surface area contributed by atoms with Crippen molar-refractivity contribution < 1.29 is 9.21 Å². The summed E-state index contributed by atoms with van der Waals surface area (Å²) in [4.78, 5) is 12.4. The van der Waals surface area contributed by atoms with Crippen molar-refractivity contribution in [2.24, 2.45) is 0 Å². The third kappa shape index (κ3) is 4.05. The first-order valence-electron chi connectivity index (χ1n) is 7.78. The normalized spacial score (nSPS) is 12.1. The first-order chi connectivity index (χ1) is 12.1. The standard InChI is InChI=1S/C17H17ClN4O2S/c1-3-22-15(14-5-4-10-24-14)20-21-17(22)25-11(2)16(23)19-13-8-6-12(18)7-9-13/h4-11H,3H2,1-2H3,(H,19,23)/t11-/m1/s1. The number of anilines is 1. The summed E-state index contributed by atoms with van der Waals surface area (Å²) < 4.78 is 7.32. The summed E-state index contributed by atoms with van der Waals surface area (Å²) in [7, 11) is 0. The van der Waals surface area contributed by atoms with Gasteiger partial charge in [-0.2, -0.15) is 0 Å². The van der Waals surface area contributed by atoms with Crippen molar-refractivity contribution in [2.75, 3.05) is 5.32 Å². The quantitative estimate of drug-likeness (QED) is 0.648. The number of benzene rings is 1. The molecule has 8 heteroatoms.